The molecule has 2 heterocycles. The number of sulfonamides is 1. The van der Waals surface area contributed by atoms with Gasteiger partial charge in [0.2, 0.25) is 19.9 Å². The fourth-order valence-corrected chi connectivity index (χ4v) is 5.73. The summed E-state index contributed by atoms with van der Waals surface area (Å²) < 4.78 is 55.9. The van der Waals surface area contributed by atoms with Crippen LogP contribution in [0.5, 0.6) is 0 Å². The number of sulfone groups is 1. The van der Waals surface area contributed by atoms with Crippen LogP contribution in [0, 0.1) is 0 Å². The SMILES string of the molecule is CC(C)c1ccc(S(=O)(=O)c2cn(C)cn2)cc1S(=O)(=O)NCCc1ccccn1. The Morgan fingerprint density at radius 2 is 1.83 bits per heavy atom. The van der Waals surface area contributed by atoms with Gasteiger partial charge in [-0.15, -0.1) is 0 Å². The van der Waals surface area contributed by atoms with E-state index in [0.717, 1.165) is 5.69 Å². The Balaban J connectivity index is 1.94. The molecule has 0 fully saturated rings. The van der Waals surface area contributed by atoms with E-state index in [0.29, 0.717) is 12.0 Å². The summed E-state index contributed by atoms with van der Waals surface area (Å²) in [5, 5.41) is -0.131. The molecule has 0 bridgehead atoms. The van der Waals surface area contributed by atoms with Gasteiger partial charge < -0.3 is 4.57 Å². The molecule has 0 amide bonds. The van der Waals surface area contributed by atoms with Crippen LogP contribution in [0.25, 0.3) is 0 Å². The Bertz CT molecular complexity index is 1230. The van der Waals surface area contributed by atoms with Crippen molar-refractivity contribution in [2.45, 2.75) is 41.0 Å². The number of nitrogens with zero attached hydrogens (tertiary/aromatic N) is 3. The molecule has 0 aliphatic heterocycles. The van der Waals surface area contributed by atoms with Crippen LogP contribution in [0.2, 0.25) is 0 Å². The van der Waals surface area contributed by atoms with Crippen LogP contribution in [0.15, 0.2) is 69.9 Å². The van der Waals surface area contributed by atoms with Crippen LogP contribution in [0.4, 0.5) is 0 Å². The molecule has 0 radical (unpaired) electrons. The van der Waals surface area contributed by atoms with Gasteiger partial charge in [-0.2, -0.15) is 0 Å². The number of hydrogen-bond donors (Lipinski definition) is 1. The van der Waals surface area contributed by atoms with Crippen molar-refractivity contribution in [1.82, 2.24) is 19.3 Å². The lowest BCUT2D eigenvalue weighted by Crippen LogP contribution is -2.27. The summed E-state index contributed by atoms with van der Waals surface area (Å²) in [6.45, 7) is 3.86. The molecule has 0 aliphatic rings. The maximum atomic E-state index is 13.0. The van der Waals surface area contributed by atoms with Gasteiger partial charge in [-0.05, 0) is 35.7 Å². The van der Waals surface area contributed by atoms with Gasteiger partial charge >= 0.3 is 0 Å². The zero-order valence-corrected chi connectivity index (χ0v) is 18.6. The minimum absolute atomic E-state index is 0.0458. The van der Waals surface area contributed by atoms with E-state index in [9.17, 15) is 16.8 Å². The topological polar surface area (TPSA) is 111 Å². The fraction of sp³-hybridized carbons (Fsp3) is 0.300. The van der Waals surface area contributed by atoms with Gasteiger partial charge in [0, 0.05) is 38.1 Å². The van der Waals surface area contributed by atoms with Gasteiger partial charge in [-0.1, -0.05) is 26.0 Å². The molecule has 0 spiro atoms. The minimum Gasteiger partial charge on any atom is -0.339 e. The number of nitrogens with one attached hydrogen (secondary N) is 1. The Hall–Kier alpha value is -2.56. The standard InChI is InChI=1S/C20H24N4O4S2/c1-15(2)18-8-7-17(29(25,26)20-13-24(3)14-22-20)12-19(18)30(27,28)23-11-9-16-6-4-5-10-21-16/h4-8,10,12-15,23H,9,11H2,1-3H3. The molecule has 0 unspecified atom stereocenters. The van der Waals surface area contributed by atoms with Crippen LogP contribution in [0.3, 0.4) is 0 Å². The van der Waals surface area contributed by atoms with Gasteiger partial charge in [-0.25, -0.2) is 26.5 Å². The molecule has 0 atom stereocenters. The number of hydrogen-bond acceptors (Lipinski definition) is 6. The quantitative estimate of drug-likeness (QED) is 0.566. The van der Waals surface area contributed by atoms with Crippen molar-refractivity contribution >= 4 is 19.9 Å². The molecule has 0 saturated carbocycles. The van der Waals surface area contributed by atoms with Crippen molar-refractivity contribution in [2.24, 2.45) is 7.05 Å². The molecule has 30 heavy (non-hydrogen) atoms. The summed E-state index contributed by atoms with van der Waals surface area (Å²) in [5.74, 6) is -0.112. The second-order valence-corrected chi connectivity index (χ2v) is 10.8. The summed E-state index contributed by atoms with van der Waals surface area (Å²) in [4.78, 5) is 7.91. The van der Waals surface area contributed by atoms with E-state index in [1.807, 2.05) is 26.0 Å². The Labute approximate surface area is 177 Å². The fourth-order valence-electron chi connectivity index (χ4n) is 2.98. The highest BCUT2D eigenvalue weighted by molar-refractivity contribution is 7.91. The summed E-state index contributed by atoms with van der Waals surface area (Å²) in [6.07, 6.45) is 4.83. The maximum absolute atomic E-state index is 13.0. The summed E-state index contributed by atoms with van der Waals surface area (Å²) in [7, 11) is -6.21. The smallest absolute Gasteiger partial charge is 0.240 e. The van der Waals surface area contributed by atoms with Crippen molar-refractivity contribution in [3.63, 3.8) is 0 Å². The summed E-state index contributed by atoms with van der Waals surface area (Å²) >= 11 is 0. The van der Waals surface area contributed by atoms with E-state index < -0.39 is 19.9 Å². The van der Waals surface area contributed by atoms with Gasteiger partial charge in [0.15, 0.2) is 5.03 Å². The van der Waals surface area contributed by atoms with Gasteiger partial charge in [0.1, 0.15) is 0 Å². The lowest BCUT2D eigenvalue weighted by atomic mass is 10.0. The Morgan fingerprint density at radius 1 is 1.07 bits per heavy atom. The molecular weight excluding hydrogens is 424 g/mol. The largest absolute Gasteiger partial charge is 0.339 e. The highest BCUT2D eigenvalue weighted by atomic mass is 32.2. The first-order chi connectivity index (χ1) is 14.1. The number of aryl methyl sites for hydroxylation is 1. The van der Waals surface area contributed by atoms with Crippen LogP contribution >= 0.6 is 0 Å². The number of pyridine rings is 1. The van der Waals surface area contributed by atoms with Crippen LogP contribution in [-0.4, -0.2) is 37.9 Å². The third-order valence-electron chi connectivity index (χ3n) is 4.56. The first-order valence-corrected chi connectivity index (χ1v) is 12.3. The average Bonchev–Trinajstić information content (AvgIpc) is 3.15. The van der Waals surface area contributed by atoms with E-state index in [1.54, 1.807) is 25.4 Å². The van der Waals surface area contributed by atoms with Gasteiger partial charge in [0.25, 0.3) is 0 Å². The van der Waals surface area contributed by atoms with Crippen molar-refractivity contribution in [1.29, 1.82) is 0 Å². The maximum Gasteiger partial charge on any atom is 0.240 e. The lowest BCUT2D eigenvalue weighted by Gasteiger charge is -2.15. The van der Waals surface area contributed by atoms with E-state index >= 15 is 0 Å². The van der Waals surface area contributed by atoms with Crippen LogP contribution < -0.4 is 4.72 Å². The van der Waals surface area contributed by atoms with Crippen LogP contribution in [-0.2, 0) is 33.3 Å². The predicted molar refractivity (Wildman–Crippen MR) is 112 cm³/mol. The average molecular weight is 449 g/mol. The molecule has 3 rings (SSSR count). The van der Waals surface area contributed by atoms with E-state index in [1.165, 1.54) is 29.2 Å². The number of aromatic nitrogens is 3. The highest BCUT2D eigenvalue weighted by Gasteiger charge is 2.26. The first-order valence-electron chi connectivity index (χ1n) is 9.38. The zero-order valence-electron chi connectivity index (χ0n) is 17.0. The van der Waals surface area contributed by atoms with E-state index in [2.05, 4.69) is 14.7 Å². The molecule has 0 saturated heterocycles. The molecular formula is C20H24N4O4S2. The number of rotatable bonds is 8. The van der Waals surface area contributed by atoms with Gasteiger partial charge in [0.05, 0.1) is 16.1 Å². The zero-order chi connectivity index (χ0) is 21.9. The monoisotopic (exact) mass is 448 g/mol. The molecule has 10 heteroatoms. The van der Waals surface area contributed by atoms with Crippen molar-refractivity contribution in [3.05, 3.63) is 66.4 Å². The molecule has 8 nitrogen and oxygen atoms in total. The molecule has 1 aromatic carbocycles. The van der Waals surface area contributed by atoms with E-state index in [4.69, 9.17) is 0 Å². The van der Waals surface area contributed by atoms with Crippen LogP contribution in [0.1, 0.15) is 31.0 Å². The Morgan fingerprint density at radius 3 is 2.43 bits per heavy atom. The lowest BCUT2D eigenvalue weighted by molar-refractivity contribution is 0.578. The van der Waals surface area contributed by atoms with Crippen molar-refractivity contribution in [3.8, 4) is 0 Å². The second kappa shape index (κ2) is 8.66. The second-order valence-electron chi connectivity index (χ2n) is 7.20. The molecule has 1 N–H and O–H groups in total. The Kier molecular flexibility index (Phi) is 6.39. The number of imidazole rings is 1. The highest BCUT2D eigenvalue weighted by Crippen LogP contribution is 2.29. The van der Waals surface area contributed by atoms with Crippen molar-refractivity contribution < 1.29 is 16.8 Å². The first kappa shape index (κ1) is 22.1. The van der Waals surface area contributed by atoms with E-state index in [-0.39, 0.29) is 27.3 Å². The third-order valence-corrected chi connectivity index (χ3v) is 7.72. The molecule has 3 aromatic rings. The summed E-state index contributed by atoms with van der Waals surface area (Å²) in [5.41, 5.74) is 1.30. The predicted octanol–water partition coefficient (Wildman–Crippen LogP) is 2.29. The van der Waals surface area contributed by atoms with Gasteiger partial charge in [-0.3, -0.25) is 4.98 Å². The third kappa shape index (κ3) is 4.77. The number of benzene rings is 1. The molecule has 0 aliphatic carbocycles. The molecule has 2 aromatic heterocycles. The normalized spacial score (nSPS) is 12.4. The summed E-state index contributed by atoms with van der Waals surface area (Å²) in [6, 6.07) is 9.62. The van der Waals surface area contributed by atoms with Crippen molar-refractivity contribution in [2.75, 3.05) is 6.54 Å². The molecule has 160 valence electrons. The minimum atomic E-state index is -3.94.